The van der Waals surface area contributed by atoms with Gasteiger partial charge >= 0.3 is 5.97 Å². The molecule has 0 aliphatic carbocycles. The zero-order chi connectivity index (χ0) is 45.8. The Labute approximate surface area is 392 Å². The van der Waals surface area contributed by atoms with Crippen LogP contribution in [0.3, 0.4) is 0 Å². The van der Waals surface area contributed by atoms with Crippen LogP contribution >= 0.6 is 0 Å². The molecule has 370 valence electrons. The van der Waals surface area contributed by atoms with E-state index in [1.165, 1.54) is 199 Å². The van der Waals surface area contributed by atoms with Crippen molar-refractivity contribution in [3.8, 4) is 0 Å². The summed E-state index contributed by atoms with van der Waals surface area (Å²) in [5.41, 5.74) is 0. The number of hydrogen-bond donors (Lipinski definition) is 3. The third kappa shape index (κ3) is 49.4. The molecule has 0 aromatic rings. The first kappa shape index (κ1) is 61.1. The second-order valence-electron chi connectivity index (χ2n) is 18.9. The summed E-state index contributed by atoms with van der Waals surface area (Å²) in [7, 11) is 0. The minimum atomic E-state index is -0.700. The van der Waals surface area contributed by atoms with Crippen molar-refractivity contribution < 1.29 is 24.5 Å². The fraction of sp³-hybridized carbons (Fsp3) is 0.860. The van der Waals surface area contributed by atoms with Gasteiger partial charge in [0.25, 0.3) is 0 Å². The predicted molar refractivity (Wildman–Crippen MR) is 273 cm³/mol. The van der Waals surface area contributed by atoms with E-state index in [9.17, 15) is 19.8 Å². The molecule has 6 heteroatoms. The summed E-state index contributed by atoms with van der Waals surface area (Å²) in [6.07, 6.45) is 64.2. The maximum atomic E-state index is 12.4. The van der Waals surface area contributed by atoms with E-state index in [2.05, 4.69) is 49.5 Å². The lowest BCUT2D eigenvalue weighted by molar-refractivity contribution is -0.143. The maximum Gasteiger partial charge on any atom is 0.305 e. The number of aliphatic hydroxyl groups excluding tert-OH is 2. The number of allylic oxidation sites excluding steroid dienone is 6. The number of unbranched alkanes of at least 4 members (excludes halogenated alkanes) is 34. The van der Waals surface area contributed by atoms with Gasteiger partial charge in [0.2, 0.25) is 5.91 Å². The van der Waals surface area contributed by atoms with Crippen molar-refractivity contribution in [2.45, 2.75) is 302 Å². The van der Waals surface area contributed by atoms with Crippen molar-refractivity contribution in [1.82, 2.24) is 5.32 Å². The number of nitrogens with one attached hydrogen (secondary N) is 1. The molecule has 0 spiro atoms. The van der Waals surface area contributed by atoms with Gasteiger partial charge in [-0.05, 0) is 70.6 Å². The Hall–Kier alpha value is -1.92. The third-order valence-corrected chi connectivity index (χ3v) is 12.7. The van der Waals surface area contributed by atoms with Crippen molar-refractivity contribution in [3.63, 3.8) is 0 Å². The number of ether oxygens (including phenoxy) is 1. The number of carbonyl (C=O) groups is 2. The highest BCUT2D eigenvalue weighted by Crippen LogP contribution is 2.16. The molecule has 3 N–H and O–H groups in total. The van der Waals surface area contributed by atoms with Gasteiger partial charge in [0.05, 0.1) is 25.4 Å². The molecular formula is C57H107NO5. The van der Waals surface area contributed by atoms with Crippen molar-refractivity contribution in [1.29, 1.82) is 0 Å². The van der Waals surface area contributed by atoms with E-state index >= 15 is 0 Å². The topological polar surface area (TPSA) is 95.9 Å². The molecule has 0 radical (unpaired) electrons. The third-order valence-electron chi connectivity index (χ3n) is 12.7. The van der Waals surface area contributed by atoms with Crippen molar-refractivity contribution in [2.75, 3.05) is 13.2 Å². The van der Waals surface area contributed by atoms with Crippen LogP contribution in [0.15, 0.2) is 36.5 Å². The van der Waals surface area contributed by atoms with Crippen molar-refractivity contribution >= 4 is 11.9 Å². The smallest absolute Gasteiger partial charge is 0.305 e. The van der Waals surface area contributed by atoms with Crippen LogP contribution in [0.4, 0.5) is 0 Å². The summed E-state index contributed by atoms with van der Waals surface area (Å²) in [5.74, 6) is -0.140. The zero-order valence-corrected chi connectivity index (χ0v) is 42.1. The maximum absolute atomic E-state index is 12.4. The zero-order valence-electron chi connectivity index (χ0n) is 42.1. The van der Waals surface area contributed by atoms with Gasteiger partial charge in [-0.25, -0.2) is 0 Å². The highest BCUT2D eigenvalue weighted by atomic mass is 16.5. The quantitative estimate of drug-likeness (QED) is 0.0321. The molecule has 2 unspecified atom stereocenters. The summed E-state index contributed by atoms with van der Waals surface area (Å²) in [6, 6.07) is -0.586. The molecule has 0 bridgehead atoms. The Balaban J connectivity index is 3.55. The molecule has 2 atom stereocenters. The number of rotatable bonds is 51. The van der Waals surface area contributed by atoms with E-state index in [0.717, 1.165) is 51.4 Å². The summed E-state index contributed by atoms with van der Waals surface area (Å²) >= 11 is 0. The van der Waals surface area contributed by atoms with E-state index in [1.54, 1.807) is 0 Å². The van der Waals surface area contributed by atoms with Crippen LogP contribution in [0.25, 0.3) is 0 Å². The second kappa shape index (κ2) is 52.7. The average molecular weight is 886 g/mol. The number of hydrogen-bond acceptors (Lipinski definition) is 5. The fourth-order valence-electron chi connectivity index (χ4n) is 8.39. The van der Waals surface area contributed by atoms with E-state index in [0.29, 0.717) is 32.3 Å². The molecule has 0 aromatic carbocycles. The Kier molecular flexibility index (Phi) is 51.1. The van der Waals surface area contributed by atoms with Crippen LogP contribution in [0.2, 0.25) is 0 Å². The largest absolute Gasteiger partial charge is 0.466 e. The minimum absolute atomic E-state index is 0.0255. The molecule has 0 fully saturated rings. The van der Waals surface area contributed by atoms with E-state index in [-0.39, 0.29) is 18.5 Å². The lowest BCUT2D eigenvalue weighted by atomic mass is 10.0. The molecule has 6 nitrogen and oxygen atoms in total. The lowest BCUT2D eigenvalue weighted by Gasteiger charge is -2.22. The lowest BCUT2D eigenvalue weighted by Crippen LogP contribution is -2.45. The average Bonchev–Trinajstić information content (AvgIpc) is 3.28. The van der Waals surface area contributed by atoms with Crippen LogP contribution in [0, 0.1) is 0 Å². The molecule has 0 aliphatic heterocycles. The van der Waals surface area contributed by atoms with Gasteiger partial charge in [0.1, 0.15) is 0 Å². The summed E-state index contributed by atoms with van der Waals surface area (Å²) < 4.78 is 5.45. The summed E-state index contributed by atoms with van der Waals surface area (Å²) in [5, 5.41) is 23.2. The first-order valence-corrected chi connectivity index (χ1v) is 27.7. The fourth-order valence-corrected chi connectivity index (χ4v) is 8.39. The normalized spacial score (nSPS) is 12.9. The van der Waals surface area contributed by atoms with Crippen LogP contribution < -0.4 is 5.32 Å². The Morgan fingerprint density at radius 1 is 0.444 bits per heavy atom. The predicted octanol–water partition coefficient (Wildman–Crippen LogP) is 16.9. The molecule has 63 heavy (non-hydrogen) atoms. The Morgan fingerprint density at radius 2 is 0.810 bits per heavy atom. The Morgan fingerprint density at radius 3 is 1.25 bits per heavy atom. The first-order valence-electron chi connectivity index (χ1n) is 27.7. The molecule has 0 rings (SSSR count). The van der Waals surface area contributed by atoms with E-state index in [1.807, 2.05) is 6.08 Å². The standard InChI is InChI=1S/C57H107NO5/c1-3-5-7-9-11-13-15-17-19-20-21-22-23-25-29-33-37-41-45-49-55(60)54(53-59)58-56(61)50-46-42-38-34-30-26-24-28-32-36-40-44-48-52-63-57(62)51-47-43-39-35-31-27-18-16-14-12-10-8-6-4-2/h16,18,26,30,38,42,54-55,59-60H,3-15,17,19-25,27-29,31-37,39-41,43-53H2,1-2H3,(H,58,61)/b18-16-,30-26-,42-38-. The Bertz CT molecular complexity index is 1020. The minimum Gasteiger partial charge on any atom is -0.466 e. The van der Waals surface area contributed by atoms with Gasteiger partial charge in [0.15, 0.2) is 0 Å². The van der Waals surface area contributed by atoms with Gasteiger partial charge < -0.3 is 20.3 Å². The molecule has 0 aromatic heterocycles. The van der Waals surface area contributed by atoms with Crippen LogP contribution in [-0.2, 0) is 14.3 Å². The molecule has 1 amide bonds. The molecule has 0 aliphatic rings. The highest BCUT2D eigenvalue weighted by molar-refractivity contribution is 5.76. The number of esters is 1. The summed E-state index contributed by atoms with van der Waals surface area (Å²) in [4.78, 5) is 24.5. The van der Waals surface area contributed by atoms with Gasteiger partial charge in [-0.1, -0.05) is 243 Å². The van der Waals surface area contributed by atoms with Gasteiger partial charge in [-0.3, -0.25) is 9.59 Å². The van der Waals surface area contributed by atoms with Crippen LogP contribution in [0.5, 0.6) is 0 Å². The van der Waals surface area contributed by atoms with E-state index in [4.69, 9.17) is 4.74 Å². The molecule has 0 saturated carbocycles. The molecule has 0 heterocycles. The molecule has 0 saturated heterocycles. The van der Waals surface area contributed by atoms with Gasteiger partial charge in [0, 0.05) is 12.8 Å². The second-order valence-corrected chi connectivity index (χ2v) is 18.9. The monoisotopic (exact) mass is 886 g/mol. The number of carbonyl (C=O) groups excluding carboxylic acids is 2. The highest BCUT2D eigenvalue weighted by Gasteiger charge is 2.19. The SMILES string of the molecule is CCCCCCC/C=C\CCCCCCCC(=O)OCCCCCCCC/C=C\C/C=C\CCC(=O)NC(CO)C(O)CCCCCCCCCCCCCCCCCCCCC. The molecular weight excluding hydrogens is 779 g/mol. The van der Waals surface area contributed by atoms with Crippen molar-refractivity contribution in [2.24, 2.45) is 0 Å². The number of aliphatic hydroxyl groups is 2. The van der Waals surface area contributed by atoms with Crippen LogP contribution in [0.1, 0.15) is 290 Å². The van der Waals surface area contributed by atoms with Crippen molar-refractivity contribution in [3.05, 3.63) is 36.5 Å². The number of amides is 1. The van der Waals surface area contributed by atoms with Crippen LogP contribution in [-0.4, -0.2) is 47.4 Å². The summed E-state index contributed by atoms with van der Waals surface area (Å²) in [6.45, 7) is 4.88. The first-order chi connectivity index (χ1) is 31.0. The van der Waals surface area contributed by atoms with Gasteiger partial charge in [-0.2, -0.15) is 0 Å². The van der Waals surface area contributed by atoms with E-state index < -0.39 is 12.1 Å². The van der Waals surface area contributed by atoms with Gasteiger partial charge in [-0.15, -0.1) is 0 Å².